The Labute approximate surface area is 130 Å². The monoisotopic (exact) mass is 306 g/mol. The topological polar surface area (TPSA) is 103 Å². The molecule has 2 rings (SSSR count). The first kappa shape index (κ1) is 17.8. The van der Waals surface area contributed by atoms with Gasteiger partial charge in [0.25, 0.3) is 0 Å². The number of nitrogens with one attached hydrogen (secondary N) is 2. The molecular formula is C16H22N2O4. The lowest BCUT2D eigenvalue weighted by Crippen LogP contribution is -2.15. The summed E-state index contributed by atoms with van der Waals surface area (Å²) >= 11 is 0. The summed E-state index contributed by atoms with van der Waals surface area (Å²) in [6, 6.07) is 6.34. The van der Waals surface area contributed by atoms with Crippen LogP contribution in [-0.4, -0.2) is 30.0 Å². The van der Waals surface area contributed by atoms with E-state index in [0.717, 1.165) is 12.8 Å². The Hall–Kier alpha value is -2.21. The lowest BCUT2D eigenvalue weighted by atomic mass is 10.1. The molecule has 1 aliphatic rings. The van der Waals surface area contributed by atoms with Gasteiger partial charge in [-0.15, -0.1) is 0 Å². The molecule has 0 aromatic heterocycles. The zero-order valence-corrected chi connectivity index (χ0v) is 13.1. The molecule has 1 aliphatic carbocycles. The predicted octanol–water partition coefficient (Wildman–Crippen LogP) is 3.21. The molecule has 1 fully saturated rings. The molecule has 0 spiro atoms. The zero-order valence-electron chi connectivity index (χ0n) is 13.1. The van der Waals surface area contributed by atoms with Gasteiger partial charge in [-0.2, -0.15) is 0 Å². The summed E-state index contributed by atoms with van der Waals surface area (Å²) in [6.45, 7) is 4.00. The number of carboxylic acids is 1. The van der Waals surface area contributed by atoms with Gasteiger partial charge in [0, 0.05) is 18.6 Å². The number of hydrogen-bond donors (Lipinski definition) is 3. The highest BCUT2D eigenvalue weighted by Crippen LogP contribution is 2.30. The van der Waals surface area contributed by atoms with Crippen molar-refractivity contribution in [2.45, 2.75) is 32.8 Å². The Kier molecular flexibility index (Phi) is 6.72. The molecule has 0 heterocycles. The Morgan fingerprint density at radius 1 is 1.23 bits per heavy atom. The first-order valence-corrected chi connectivity index (χ1v) is 7.23. The molecule has 0 saturated heterocycles. The molecule has 0 amide bonds. The first-order chi connectivity index (χ1) is 10.5. The molecule has 6 nitrogen and oxygen atoms in total. The fraction of sp³-hybridized carbons (Fsp3) is 0.438. The summed E-state index contributed by atoms with van der Waals surface area (Å²) in [5.74, 6) is -0.890. The van der Waals surface area contributed by atoms with Gasteiger partial charge in [0.2, 0.25) is 5.90 Å². The van der Waals surface area contributed by atoms with Gasteiger partial charge in [-0.3, -0.25) is 10.8 Å². The van der Waals surface area contributed by atoms with Crippen LogP contribution >= 0.6 is 0 Å². The first-order valence-electron chi connectivity index (χ1n) is 7.23. The third-order valence-electron chi connectivity index (χ3n) is 3.10. The van der Waals surface area contributed by atoms with Gasteiger partial charge < -0.3 is 14.6 Å². The average molecular weight is 306 g/mol. The minimum Gasteiger partial charge on any atom is -0.479 e. The van der Waals surface area contributed by atoms with E-state index in [-0.39, 0.29) is 17.7 Å². The zero-order chi connectivity index (χ0) is 16.7. The van der Waals surface area contributed by atoms with Gasteiger partial charge in [0.05, 0.1) is 0 Å². The van der Waals surface area contributed by atoms with E-state index < -0.39 is 12.1 Å². The van der Waals surface area contributed by atoms with E-state index in [2.05, 4.69) is 0 Å². The molecule has 22 heavy (non-hydrogen) atoms. The van der Waals surface area contributed by atoms with Crippen molar-refractivity contribution < 1.29 is 19.4 Å². The van der Waals surface area contributed by atoms with Crippen LogP contribution in [0.15, 0.2) is 24.3 Å². The second-order valence-corrected chi connectivity index (χ2v) is 4.65. The molecule has 1 saturated carbocycles. The maximum Gasteiger partial charge on any atom is 0.337 e. The lowest BCUT2D eigenvalue weighted by Gasteiger charge is -2.12. The number of aliphatic carboxylic acids is 1. The maximum absolute atomic E-state index is 11.0. The Bertz CT molecular complexity index is 536. The van der Waals surface area contributed by atoms with Crippen molar-refractivity contribution in [3.63, 3.8) is 0 Å². The van der Waals surface area contributed by atoms with Crippen LogP contribution in [0.5, 0.6) is 0 Å². The van der Waals surface area contributed by atoms with E-state index >= 15 is 0 Å². The van der Waals surface area contributed by atoms with Crippen LogP contribution in [0.1, 0.15) is 43.9 Å². The van der Waals surface area contributed by atoms with Crippen LogP contribution in [0.3, 0.4) is 0 Å². The third-order valence-corrected chi connectivity index (χ3v) is 3.10. The SMILES string of the molecule is CC.COC(C(=O)O)c1ccc(C(=N)OC(=N)C2CC2)cc1. The number of carbonyl (C=O) groups is 1. The molecule has 1 aromatic carbocycles. The van der Waals surface area contributed by atoms with Crippen molar-refractivity contribution in [3.8, 4) is 0 Å². The Balaban J connectivity index is 0.00000116. The van der Waals surface area contributed by atoms with Crippen LogP contribution in [-0.2, 0) is 14.3 Å². The molecule has 120 valence electrons. The number of methoxy groups -OCH3 is 1. The van der Waals surface area contributed by atoms with Crippen LogP contribution in [0, 0.1) is 16.7 Å². The highest BCUT2D eigenvalue weighted by molar-refractivity contribution is 6.00. The number of ether oxygens (including phenoxy) is 2. The standard InChI is InChI=1S/C14H16N2O4.C2H6/c1-19-11(14(17)18)8-2-4-9(5-3-8)12(15)20-13(16)10-6-7-10;1-2/h2-5,10-11,15-16H,6-7H2,1H3,(H,17,18);1-2H3. The highest BCUT2D eigenvalue weighted by Gasteiger charge is 2.29. The van der Waals surface area contributed by atoms with Gasteiger partial charge in [-0.1, -0.05) is 26.0 Å². The van der Waals surface area contributed by atoms with E-state index in [1.54, 1.807) is 24.3 Å². The quantitative estimate of drug-likeness (QED) is 0.574. The highest BCUT2D eigenvalue weighted by atomic mass is 16.5. The number of rotatable bonds is 5. The Morgan fingerprint density at radius 3 is 2.18 bits per heavy atom. The summed E-state index contributed by atoms with van der Waals surface area (Å²) < 4.78 is 10.0. The second kappa shape index (κ2) is 8.29. The minimum absolute atomic E-state index is 0.0993. The number of benzene rings is 1. The van der Waals surface area contributed by atoms with Crippen molar-refractivity contribution in [3.05, 3.63) is 35.4 Å². The smallest absolute Gasteiger partial charge is 0.337 e. The minimum atomic E-state index is -1.07. The van der Waals surface area contributed by atoms with Gasteiger partial charge in [0.1, 0.15) is 0 Å². The van der Waals surface area contributed by atoms with Crippen LogP contribution in [0.25, 0.3) is 0 Å². The average Bonchev–Trinajstić information content (AvgIpc) is 3.35. The largest absolute Gasteiger partial charge is 0.479 e. The van der Waals surface area contributed by atoms with Crippen LogP contribution in [0.2, 0.25) is 0 Å². The van der Waals surface area contributed by atoms with Gasteiger partial charge >= 0.3 is 5.97 Å². The van der Waals surface area contributed by atoms with Crippen molar-refractivity contribution in [1.29, 1.82) is 10.8 Å². The van der Waals surface area contributed by atoms with Gasteiger partial charge in [0.15, 0.2) is 12.0 Å². The molecule has 1 aromatic rings. The summed E-state index contributed by atoms with van der Waals surface area (Å²) in [5, 5.41) is 24.4. The van der Waals surface area contributed by atoms with E-state index in [9.17, 15) is 4.79 Å². The van der Waals surface area contributed by atoms with Crippen LogP contribution < -0.4 is 0 Å². The number of hydrogen-bond acceptors (Lipinski definition) is 5. The summed E-state index contributed by atoms with van der Waals surface area (Å²) in [6.07, 6.45) is 0.863. The van der Waals surface area contributed by atoms with Crippen LogP contribution in [0.4, 0.5) is 0 Å². The summed E-state index contributed by atoms with van der Waals surface area (Å²) in [7, 11) is 1.33. The lowest BCUT2D eigenvalue weighted by molar-refractivity contribution is -0.148. The predicted molar refractivity (Wildman–Crippen MR) is 83.5 cm³/mol. The molecule has 6 heteroatoms. The van der Waals surface area contributed by atoms with Crippen molar-refractivity contribution in [2.24, 2.45) is 5.92 Å². The number of carboxylic acid groups (broad SMARTS) is 1. The molecule has 3 N–H and O–H groups in total. The summed E-state index contributed by atoms with van der Waals surface area (Å²) in [4.78, 5) is 11.0. The molecule has 0 radical (unpaired) electrons. The molecule has 1 unspecified atom stereocenters. The van der Waals surface area contributed by atoms with E-state index in [4.69, 9.17) is 25.4 Å². The molecular weight excluding hydrogens is 284 g/mol. The maximum atomic E-state index is 11.0. The van der Waals surface area contributed by atoms with E-state index in [1.165, 1.54) is 7.11 Å². The summed E-state index contributed by atoms with van der Waals surface area (Å²) in [5.41, 5.74) is 0.994. The van der Waals surface area contributed by atoms with Gasteiger partial charge in [-0.05, 0) is 30.5 Å². The van der Waals surface area contributed by atoms with E-state index in [1.807, 2.05) is 13.8 Å². The molecule has 0 bridgehead atoms. The fourth-order valence-corrected chi connectivity index (χ4v) is 1.79. The fourth-order valence-electron chi connectivity index (χ4n) is 1.79. The van der Waals surface area contributed by atoms with Crippen molar-refractivity contribution in [1.82, 2.24) is 0 Å². The molecule has 1 atom stereocenters. The normalized spacial score (nSPS) is 14.3. The van der Waals surface area contributed by atoms with Crippen molar-refractivity contribution in [2.75, 3.05) is 7.11 Å². The third kappa shape index (κ3) is 4.66. The second-order valence-electron chi connectivity index (χ2n) is 4.65. The van der Waals surface area contributed by atoms with Crippen molar-refractivity contribution >= 4 is 17.8 Å². The van der Waals surface area contributed by atoms with E-state index in [0.29, 0.717) is 11.1 Å². The Morgan fingerprint density at radius 2 is 1.77 bits per heavy atom. The van der Waals surface area contributed by atoms with Gasteiger partial charge in [-0.25, -0.2) is 4.79 Å². The molecule has 0 aliphatic heterocycles.